The summed E-state index contributed by atoms with van der Waals surface area (Å²) in [6, 6.07) is 8.97. The van der Waals surface area contributed by atoms with Crippen molar-refractivity contribution in [2.45, 2.75) is 26.2 Å². The Morgan fingerprint density at radius 1 is 0.944 bits per heavy atom. The molecule has 1 heterocycles. The Morgan fingerprint density at radius 3 is 1.94 bits per heavy atom. The van der Waals surface area contributed by atoms with Crippen LogP contribution in [0, 0.1) is 0 Å². The Balaban J connectivity index is 2.02. The summed E-state index contributed by atoms with van der Waals surface area (Å²) >= 11 is 0. The fourth-order valence-electron chi connectivity index (χ4n) is 2.30. The molecule has 0 bridgehead atoms. The third-order valence-electron chi connectivity index (χ3n) is 3.60. The fraction of sp³-hybridized carbons (Fsp3) is 0.600. The summed E-state index contributed by atoms with van der Waals surface area (Å²) in [5, 5.41) is 2.01. The predicted octanol–water partition coefficient (Wildman–Crippen LogP) is 2.67. The summed E-state index contributed by atoms with van der Waals surface area (Å²) < 4.78 is 0. The Bertz CT molecular complexity index is 372. The molecule has 0 aromatic heterocycles. The number of piperazine rings is 1. The highest BCUT2D eigenvalue weighted by molar-refractivity contribution is 5.48. The summed E-state index contributed by atoms with van der Waals surface area (Å²) in [4.78, 5) is 7.66. The molecule has 0 radical (unpaired) electrons. The molecule has 0 N–H and O–H groups in total. The summed E-state index contributed by atoms with van der Waals surface area (Å²) in [5.41, 5.74) is 2.94. The average Bonchev–Trinajstić information content (AvgIpc) is 2.38. The van der Waals surface area contributed by atoms with Gasteiger partial charge in [0.15, 0.2) is 0 Å². The summed E-state index contributed by atoms with van der Waals surface area (Å²) in [6.45, 7) is 10.7. The molecule has 1 aliphatic rings. The third-order valence-corrected chi connectivity index (χ3v) is 3.60. The van der Waals surface area contributed by atoms with Gasteiger partial charge in [-0.25, -0.2) is 0 Å². The molecule has 0 spiro atoms. The average molecular weight is 248 g/mol. The van der Waals surface area contributed by atoms with Crippen molar-refractivity contribution >= 4 is 5.69 Å². The zero-order valence-electron chi connectivity index (χ0n) is 11.9. The highest BCUT2D eigenvalue weighted by Crippen LogP contribution is 2.25. The van der Waals surface area contributed by atoms with E-state index in [0.717, 1.165) is 26.2 Å². The van der Waals surface area contributed by atoms with Gasteiger partial charge in [0.25, 0.3) is 0 Å². The smallest absolute Gasteiger partial charge is 0.0575 e. The highest BCUT2D eigenvalue weighted by atomic mass is 16.7. The Kier molecular flexibility index (Phi) is 3.93. The molecular weight excluding hydrogens is 224 g/mol. The first-order chi connectivity index (χ1) is 8.50. The van der Waals surface area contributed by atoms with E-state index in [-0.39, 0.29) is 5.41 Å². The largest absolute Gasteiger partial charge is 0.369 e. The molecule has 1 aromatic rings. The predicted molar refractivity (Wildman–Crippen MR) is 75.9 cm³/mol. The molecule has 0 saturated carbocycles. The maximum absolute atomic E-state index is 5.25. The Hall–Kier alpha value is -1.06. The standard InChI is InChI=1S/C15H24N2O/c1-15(2,3)13-5-7-14(8-6-13)16-9-11-17(18-4)12-10-16/h5-8H,9-12H2,1-4H3. The van der Waals surface area contributed by atoms with Gasteiger partial charge in [-0.05, 0) is 23.1 Å². The van der Waals surface area contributed by atoms with Gasteiger partial charge < -0.3 is 9.74 Å². The molecule has 1 aliphatic heterocycles. The minimum atomic E-state index is 0.229. The van der Waals surface area contributed by atoms with Gasteiger partial charge in [0.05, 0.1) is 7.11 Å². The Labute approximate surface area is 110 Å². The maximum Gasteiger partial charge on any atom is 0.0575 e. The molecule has 1 saturated heterocycles. The van der Waals surface area contributed by atoms with Gasteiger partial charge in [0.1, 0.15) is 0 Å². The van der Waals surface area contributed by atoms with E-state index < -0.39 is 0 Å². The molecule has 0 aliphatic carbocycles. The number of hydrogen-bond acceptors (Lipinski definition) is 3. The molecular formula is C15H24N2O. The zero-order chi connectivity index (χ0) is 13.2. The summed E-state index contributed by atoms with van der Waals surface area (Å²) in [5.74, 6) is 0. The minimum absolute atomic E-state index is 0.229. The van der Waals surface area contributed by atoms with Gasteiger partial charge in [-0.15, -0.1) is 0 Å². The fourth-order valence-corrected chi connectivity index (χ4v) is 2.30. The van der Waals surface area contributed by atoms with E-state index in [1.54, 1.807) is 7.11 Å². The van der Waals surface area contributed by atoms with Gasteiger partial charge in [-0.1, -0.05) is 32.9 Å². The molecule has 2 rings (SSSR count). The maximum atomic E-state index is 5.25. The number of hydrogen-bond donors (Lipinski definition) is 0. The topological polar surface area (TPSA) is 15.7 Å². The second-order valence-electron chi connectivity index (χ2n) is 5.90. The van der Waals surface area contributed by atoms with Crippen LogP contribution in [0.5, 0.6) is 0 Å². The van der Waals surface area contributed by atoms with Crippen LogP contribution >= 0.6 is 0 Å². The van der Waals surface area contributed by atoms with Crippen molar-refractivity contribution in [2.75, 3.05) is 38.2 Å². The van der Waals surface area contributed by atoms with Crippen LogP contribution in [-0.2, 0) is 10.3 Å². The normalized spacial score (nSPS) is 18.1. The SMILES string of the molecule is CON1CCN(c2ccc(C(C)(C)C)cc2)CC1. The van der Waals surface area contributed by atoms with Gasteiger partial charge in [-0.3, -0.25) is 0 Å². The number of hydroxylamine groups is 2. The first-order valence-electron chi connectivity index (χ1n) is 6.65. The second-order valence-corrected chi connectivity index (χ2v) is 5.90. The first-order valence-corrected chi connectivity index (χ1v) is 6.65. The number of benzene rings is 1. The van der Waals surface area contributed by atoms with Gasteiger partial charge in [-0.2, -0.15) is 5.06 Å². The van der Waals surface area contributed by atoms with Crippen molar-refractivity contribution in [1.29, 1.82) is 0 Å². The monoisotopic (exact) mass is 248 g/mol. The van der Waals surface area contributed by atoms with Crippen LogP contribution in [-0.4, -0.2) is 38.4 Å². The lowest BCUT2D eigenvalue weighted by atomic mass is 9.87. The van der Waals surface area contributed by atoms with Crippen LogP contribution in [0.3, 0.4) is 0 Å². The molecule has 1 aromatic carbocycles. The number of anilines is 1. The molecule has 3 nitrogen and oxygen atoms in total. The van der Waals surface area contributed by atoms with E-state index in [2.05, 4.69) is 49.9 Å². The van der Waals surface area contributed by atoms with Crippen LogP contribution in [0.25, 0.3) is 0 Å². The van der Waals surface area contributed by atoms with Gasteiger partial charge >= 0.3 is 0 Å². The van der Waals surface area contributed by atoms with Crippen LogP contribution < -0.4 is 4.90 Å². The minimum Gasteiger partial charge on any atom is -0.369 e. The van der Waals surface area contributed by atoms with E-state index in [9.17, 15) is 0 Å². The van der Waals surface area contributed by atoms with Gasteiger partial charge in [0.2, 0.25) is 0 Å². The third kappa shape index (κ3) is 3.03. The molecule has 3 heteroatoms. The molecule has 100 valence electrons. The van der Waals surface area contributed by atoms with Crippen molar-refractivity contribution in [3.63, 3.8) is 0 Å². The second kappa shape index (κ2) is 5.29. The Morgan fingerprint density at radius 2 is 1.50 bits per heavy atom. The zero-order valence-corrected chi connectivity index (χ0v) is 11.9. The van der Waals surface area contributed by atoms with Crippen LogP contribution in [0.1, 0.15) is 26.3 Å². The van der Waals surface area contributed by atoms with Gasteiger partial charge in [0, 0.05) is 31.9 Å². The first kappa shape index (κ1) is 13.4. The van der Waals surface area contributed by atoms with E-state index >= 15 is 0 Å². The molecule has 0 atom stereocenters. The number of nitrogens with zero attached hydrogens (tertiary/aromatic N) is 2. The van der Waals surface area contributed by atoms with Crippen molar-refractivity contribution in [3.05, 3.63) is 29.8 Å². The summed E-state index contributed by atoms with van der Waals surface area (Å²) in [6.07, 6.45) is 0. The lowest BCUT2D eigenvalue weighted by molar-refractivity contribution is -0.133. The summed E-state index contributed by atoms with van der Waals surface area (Å²) in [7, 11) is 1.74. The lowest BCUT2D eigenvalue weighted by Crippen LogP contribution is -2.45. The molecule has 0 amide bonds. The lowest BCUT2D eigenvalue weighted by Gasteiger charge is -2.34. The van der Waals surface area contributed by atoms with Crippen molar-refractivity contribution in [2.24, 2.45) is 0 Å². The van der Waals surface area contributed by atoms with E-state index in [4.69, 9.17) is 4.84 Å². The highest BCUT2D eigenvalue weighted by Gasteiger charge is 2.18. The van der Waals surface area contributed by atoms with E-state index in [1.165, 1.54) is 11.3 Å². The van der Waals surface area contributed by atoms with Crippen LogP contribution in [0.2, 0.25) is 0 Å². The quantitative estimate of drug-likeness (QED) is 0.800. The van der Waals surface area contributed by atoms with Crippen molar-refractivity contribution in [3.8, 4) is 0 Å². The van der Waals surface area contributed by atoms with Crippen LogP contribution in [0.4, 0.5) is 5.69 Å². The van der Waals surface area contributed by atoms with Crippen LogP contribution in [0.15, 0.2) is 24.3 Å². The van der Waals surface area contributed by atoms with E-state index in [0.29, 0.717) is 0 Å². The molecule has 0 unspecified atom stereocenters. The molecule has 18 heavy (non-hydrogen) atoms. The number of rotatable bonds is 2. The van der Waals surface area contributed by atoms with Crippen molar-refractivity contribution < 1.29 is 4.84 Å². The molecule has 1 fully saturated rings. The van der Waals surface area contributed by atoms with E-state index in [1.807, 2.05) is 5.06 Å². The van der Waals surface area contributed by atoms with Crippen molar-refractivity contribution in [1.82, 2.24) is 5.06 Å².